The van der Waals surface area contributed by atoms with Gasteiger partial charge in [0.1, 0.15) is 31.4 Å². The lowest BCUT2D eigenvalue weighted by Crippen LogP contribution is -2.49. The van der Waals surface area contributed by atoms with E-state index in [1.807, 2.05) is 6.92 Å². The summed E-state index contributed by atoms with van der Waals surface area (Å²) in [5.74, 6) is 0. The zero-order valence-electron chi connectivity index (χ0n) is 28.2. The lowest BCUT2D eigenvalue weighted by Gasteiger charge is -2.21. The molecule has 0 saturated carbocycles. The molecule has 228 valence electrons. The van der Waals surface area contributed by atoms with Gasteiger partial charge >= 0.3 is 0 Å². The summed E-state index contributed by atoms with van der Waals surface area (Å²) in [5, 5.41) is 9.72. The molecule has 8 radical (unpaired) electrons. The van der Waals surface area contributed by atoms with Crippen LogP contribution in [0.15, 0.2) is 152 Å². The molecule has 0 unspecified atom stereocenters. The Morgan fingerprint density at radius 3 is 1.43 bits per heavy atom. The third kappa shape index (κ3) is 5.04. The highest BCUT2D eigenvalue weighted by Crippen LogP contribution is 2.46. The minimum atomic E-state index is 0.322. The monoisotopic (exact) mass is 636 g/mol. The van der Waals surface area contributed by atoms with Gasteiger partial charge in [0.2, 0.25) is 0 Å². The van der Waals surface area contributed by atoms with Crippen LogP contribution in [0, 0.1) is 6.92 Å². The van der Waals surface area contributed by atoms with Crippen LogP contribution in [0.2, 0.25) is 0 Å². The molecule has 0 aliphatic rings. The van der Waals surface area contributed by atoms with Crippen LogP contribution in [0.3, 0.4) is 0 Å². The topological polar surface area (TPSA) is 0 Å². The van der Waals surface area contributed by atoms with Crippen LogP contribution in [0.25, 0.3) is 87.6 Å². The van der Waals surface area contributed by atoms with Gasteiger partial charge in [-0.3, -0.25) is 0 Å². The fourth-order valence-corrected chi connectivity index (χ4v) is 7.91. The highest BCUT2D eigenvalue weighted by atomic mass is 14.2. The zero-order valence-corrected chi connectivity index (χ0v) is 28.2. The molecule has 0 saturated heterocycles. The van der Waals surface area contributed by atoms with Crippen LogP contribution in [0.4, 0.5) is 0 Å². The molecule has 0 bridgehead atoms. The summed E-state index contributed by atoms with van der Waals surface area (Å²) in [4.78, 5) is 0. The molecular formula is C47H28B4. The summed E-state index contributed by atoms with van der Waals surface area (Å²) >= 11 is 0. The minimum Gasteiger partial charge on any atom is -0.111 e. The van der Waals surface area contributed by atoms with Crippen molar-refractivity contribution in [2.45, 2.75) is 6.92 Å². The van der Waals surface area contributed by atoms with E-state index in [1.54, 1.807) is 0 Å². The van der Waals surface area contributed by atoms with E-state index in [4.69, 9.17) is 31.4 Å². The first-order chi connectivity index (χ1) is 24.9. The van der Waals surface area contributed by atoms with Crippen LogP contribution in [0.1, 0.15) is 5.56 Å². The van der Waals surface area contributed by atoms with Crippen molar-refractivity contribution >= 4 is 96.3 Å². The van der Waals surface area contributed by atoms with Crippen LogP contribution < -0.4 is 21.9 Å². The molecule has 0 amide bonds. The molecule has 0 spiro atoms. The molecule has 4 heteroatoms. The normalized spacial score (nSPS) is 11.5. The molecule has 0 heterocycles. The summed E-state index contributed by atoms with van der Waals surface area (Å²) in [6.07, 6.45) is 0. The third-order valence-corrected chi connectivity index (χ3v) is 10.5. The van der Waals surface area contributed by atoms with Gasteiger partial charge in [-0.2, -0.15) is 0 Å². The number of benzene rings is 9. The Bertz CT molecular complexity index is 2760. The van der Waals surface area contributed by atoms with Crippen molar-refractivity contribution in [3.8, 4) is 44.5 Å². The van der Waals surface area contributed by atoms with Gasteiger partial charge in [-0.1, -0.05) is 151 Å². The van der Waals surface area contributed by atoms with Crippen molar-refractivity contribution in [3.63, 3.8) is 0 Å². The summed E-state index contributed by atoms with van der Waals surface area (Å²) in [7, 11) is 25.2. The molecule has 9 aromatic carbocycles. The second-order valence-corrected chi connectivity index (χ2v) is 13.4. The lowest BCUT2D eigenvalue weighted by atomic mass is 9.63. The van der Waals surface area contributed by atoms with Crippen molar-refractivity contribution in [3.05, 3.63) is 157 Å². The Labute approximate surface area is 303 Å². The number of hydrogen-bond donors (Lipinski definition) is 0. The van der Waals surface area contributed by atoms with Gasteiger partial charge in [-0.25, -0.2) is 0 Å². The molecule has 0 nitrogen and oxygen atoms in total. The molecular weight excluding hydrogens is 608 g/mol. The minimum absolute atomic E-state index is 0.322. The van der Waals surface area contributed by atoms with E-state index in [2.05, 4.69) is 152 Å². The van der Waals surface area contributed by atoms with Gasteiger partial charge in [-0.05, 0) is 107 Å². The molecule has 0 aliphatic carbocycles. The van der Waals surface area contributed by atoms with E-state index >= 15 is 0 Å². The molecule has 9 aromatic rings. The first kappa shape index (κ1) is 31.3. The number of hydrogen-bond acceptors (Lipinski definition) is 0. The van der Waals surface area contributed by atoms with Gasteiger partial charge in [-0.15, -0.1) is 16.4 Å². The van der Waals surface area contributed by atoms with Crippen molar-refractivity contribution in [2.75, 3.05) is 0 Å². The SMILES string of the molecule is [B]c1c([B])c([B])c(-c2ccc(-c3c4ccccc4c(-c4cccc5ccc(-c6ccc7ccccc7c6)cc45)c4ccccc34)cc2)c(C)c1[B]. The summed E-state index contributed by atoms with van der Waals surface area (Å²) < 4.78 is 0. The van der Waals surface area contributed by atoms with Crippen molar-refractivity contribution in [1.29, 1.82) is 0 Å². The quantitative estimate of drug-likeness (QED) is 0.135. The van der Waals surface area contributed by atoms with Crippen LogP contribution in [0.5, 0.6) is 0 Å². The zero-order chi connectivity index (χ0) is 34.8. The van der Waals surface area contributed by atoms with Gasteiger partial charge in [0.05, 0.1) is 0 Å². The van der Waals surface area contributed by atoms with E-state index in [-0.39, 0.29) is 0 Å². The fourth-order valence-electron chi connectivity index (χ4n) is 7.91. The van der Waals surface area contributed by atoms with E-state index < -0.39 is 0 Å². The molecule has 0 fully saturated rings. The first-order valence-corrected chi connectivity index (χ1v) is 17.2. The Morgan fingerprint density at radius 2 is 0.784 bits per heavy atom. The second kappa shape index (κ2) is 12.3. The van der Waals surface area contributed by atoms with Crippen LogP contribution in [-0.4, -0.2) is 31.4 Å². The molecule has 51 heavy (non-hydrogen) atoms. The lowest BCUT2D eigenvalue weighted by molar-refractivity contribution is 1.53. The molecule has 0 atom stereocenters. The van der Waals surface area contributed by atoms with Crippen molar-refractivity contribution < 1.29 is 0 Å². The van der Waals surface area contributed by atoms with E-state index in [0.29, 0.717) is 21.9 Å². The molecule has 0 aromatic heterocycles. The Kier molecular flexibility index (Phi) is 7.51. The fraction of sp³-hybridized carbons (Fsp3) is 0.0213. The van der Waals surface area contributed by atoms with Gasteiger partial charge in [0.25, 0.3) is 0 Å². The summed E-state index contributed by atoms with van der Waals surface area (Å²) in [6.45, 7) is 1.93. The average molecular weight is 636 g/mol. The molecule has 9 rings (SSSR count). The predicted molar refractivity (Wildman–Crippen MR) is 224 cm³/mol. The predicted octanol–water partition coefficient (Wildman–Crippen LogP) is 8.45. The standard InChI is InChI=1S/C47H28B4/c1-27-41(45(49)47(51)46(50)44(27)48)30-19-21-31(22-20-30)42-35-12-4-6-14-37(35)43(38-15-7-5-13-36(38)42)39-16-8-11-29-18-24-34(26-40(29)39)33-23-17-28-9-2-3-10-32(28)25-33/h2-26H,1H3. The summed E-state index contributed by atoms with van der Waals surface area (Å²) in [5.41, 5.74) is 11.3. The smallest absolute Gasteiger partial charge is 0.111 e. The highest BCUT2D eigenvalue weighted by Gasteiger charge is 2.19. The maximum atomic E-state index is 6.50. The third-order valence-electron chi connectivity index (χ3n) is 10.5. The van der Waals surface area contributed by atoms with E-state index in [0.717, 1.165) is 22.3 Å². The largest absolute Gasteiger partial charge is 0.113 e. The van der Waals surface area contributed by atoms with E-state index in [1.165, 1.54) is 70.9 Å². The Balaban J connectivity index is 1.25. The number of rotatable bonds is 4. The first-order valence-electron chi connectivity index (χ1n) is 17.2. The molecule has 0 N–H and O–H groups in total. The van der Waals surface area contributed by atoms with E-state index in [9.17, 15) is 0 Å². The van der Waals surface area contributed by atoms with Gasteiger partial charge < -0.3 is 0 Å². The average Bonchev–Trinajstić information content (AvgIpc) is 3.18. The maximum absolute atomic E-state index is 6.50. The summed E-state index contributed by atoms with van der Waals surface area (Å²) in [6, 6.07) is 54.8. The molecule has 0 aliphatic heterocycles. The van der Waals surface area contributed by atoms with Gasteiger partial charge in [0, 0.05) is 0 Å². The maximum Gasteiger partial charge on any atom is 0.113 e. The highest BCUT2D eigenvalue weighted by molar-refractivity contribution is 6.64. The van der Waals surface area contributed by atoms with Gasteiger partial charge in [0.15, 0.2) is 0 Å². The number of fused-ring (bicyclic) bond motifs is 4. The van der Waals surface area contributed by atoms with Crippen molar-refractivity contribution in [1.82, 2.24) is 0 Å². The van der Waals surface area contributed by atoms with Crippen molar-refractivity contribution in [2.24, 2.45) is 0 Å². The Hall–Kier alpha value is -5.72. The van der Waals surface area contributed by atoms with Crippen LogP contribution >= 0.6 is 0 Å². The second-order valence-electron chi connectivity index (χ2n) is 13.4. The Morgan fingerprint density at radius 1 is 0.314 bits per heavy atom. The van der Waals surface area contributed by atoms with Crippen LogP contribution in [-0.2, 0) is 0 Å².